The van der Waals surface area contributed by atoms with Crippen molar-refractivity contribution >= 4 is 57.5 Å². The first-order valence-electron chi connectivity index (χ1n) is 3.70. The monoisotopic (exact) mass is 384 g/mol. The lowest BCUT2D eigenvalue weighted by Crippen LogP contribution is -1.89. The Morgan fingerprint density at radius 2 is 2.36 bits per heavy atom. The summed E-state index contributed by atoms with van der Waals surface area (Å²) in [6.45, 7) is 1.61. The van der Waals surface area contributed by atoms with E-state index in [9.17, 15) is 4.57 Å². The Kier molecular flexibility index (Phi) is 2.86. The summed E-state index contributed by atoms with van der Waals surface area (Å²) in [5, 5.41) is 5.09. The fourth-order valence-electron chi connectivity index (χ4n) is 1.12. The van der Waals surface area contributed by atoms with Crippen LogP contribution in [0.2, 0.25) is 0 Å². The lowest BCUT2D eigenvalue weighted by Gasteiger charge is -1.89. The van der Waals surface area contributed by atoms with E-state index in [1.807, 2.05) is 6.07 Å². The predicted molar refractivity (Wildman–Crippen MR) is 66.9 cm³/mol. The van der Waals surface area contributed by atoms with Crippen LogP contribution in [-0.4, -0.2) is 21.2 Å². The maximum atomic E-state index is 11.4. The number of nitrogens with zero attached hydrogens (tertiary/aromatic N) is 3. The van der Waals surface area contributed by atoms with Crippen LogP contribution in [0.25, 0.3) is 11.0 Å². The van der Waals surface area contributed by atoms with E-state index in [1.54, 1.807) is 12.9 Å². The summed E-state index contributed by atoms with van der Waals surface area (Å²) < 4.78 is 14.5. The third-order valence-electron chi connectivity index (χ3n) is 1.69. The molecule has 14 heavy (non-hydrogen) atoms. The van der Waals surface area contributed by atoms with Gasteiger partial charge in [0, 0.05) is 10.7 Å². The van der Waals surface area contributed by atoms with E-state index in [0.29, 0.717) is 5.65 Å². The minimum atomic E-state index is -1.51. The quantitative estimate of drug-likeness (QED) is 0.561. The summed E-state index contributed by atoms with van der Waals surface area (Å²) in [6, 6.07) is 1.92. The van der Waals surface area contributed by atoms with Crippen LogP contribution < -0.4 is 0 Å². The highest BCUT2D eigenvalue weighted by Gasteiger charge is 2.20. The van der Waals surface area contributed by atoms with Gasteiger partial charge in [-0.05, 0) is 53.6 Å². The van der Waals surface area contributed by atoms with Crippen molar-refractivity contribution in [3.05, 3.63) is 20.4 Å². The van der Waals surface area contributed by atoms with Gasteiger partial charge in [-0.2, -0.15) is 0 Å². The van der Waals surface area contributed by atoms with Crippen LogP contribution in [0.5, 0.6) is 0 Å². The summed E-state index contributed by atoms with van der Waals surface area (Å²) in [4.78, 5) is 4.19. The van der Waals surface area contributed by atoms with Crippen molar-refractivity contribution in [3.63, 3.8) is 0 Å². The van der Waals surface area contributed by atoms with Crippen LogP contribution >= 0.6 is 46.5 Å². The van der Waals surface area contributed by atoms with Gasteiger partial charge in [0.25, 0.3) is 0 Å². The molecule has 1 unspecified atom stereocenters. The molecule has 0 aliphatic rings. The molecule has 72 valence electrons. The number of fused-ring (bicyclic) bond motifs is 1. The Bertz CT molecular complexity index is 527. The molecule has 0 fully saturated rings. The summed E-state index contributed by atoms with van der Waals surface area (Å²) in [5.74, 6) is 0. The zero-order valence-electron chi connectivity index (χ0n) is 7.11. The zero-order valence-corrected chi connectivity index (χ0v) is 11.7. The van der Waals surface area contributed by atoms with Gasteiger partial charge in [-0.3, -0.25) is 0 Å². The van der Waals surface area contributed by atoms with E-state index in [4.69, 9.17) is 0 Å². The molecule has 4 nitrogen and oxygen atoms in total. The van der Waals surface area contributed by atoms with Gasteiger partial charge in [-0.15, -0.1) is 5.10 Å². The SMILES string of the molecule is C[P+](=O)n1nc(I)c2cc(Br)cnc21. The maximum absolute atomic E-state index is 11.4. The average molecular weight is 385 g/mol. The van der Waals surface area contributed by atoms with E-state index in [2.05, 4.69) is 48.6 Å². The van der Waals surface area contributed by atoms with Crippen molar-refractivity contribution in [2.45, 2.75) is 0 Å². The molecule has 0 aliphatic heterocycles. The summed E-state index contributed by atoms with van der Waals surface area (Å²) >= 11 is 5.44. The molecule has 0 saturated heterocycles. The van der Waals surface area contributed by atoms with Crippen LogP contribution in [0.15, 0.2) is 16.7 Å². The number of halogens is 2. The molecular formula is C7H5BrIN3OP+. The molecule has 0 aliphatic carbocycles. The molecule has 2 aromatic heterocycles. The Labute approximate surface area is 103 Å². The molecule has 0 N–H and O–H groups in total. The lowest BCUT2D eigenvalue weighted by molar-refractivity contribution is 0.582. The fourth-order valence-corrected chi connectivity index (χ4v) is 2.88. The Balaban J connectivity index is 2.84. The van der Waals surface area contributed by atoms with Crippen LogP contribution in [-0.2, 0) is 4.57 Å². The molecular weight excluding hydrogens is 380 g/mol. The minimum Gasteiger partial charge on any atom is -0.232 e. The van der Waals surface area contributed by atoms with Crippen LogP contribution in [0.4, 0.5) is 0 Å². The standard InChI is InChI=1S/C7H5BrIN3OP/c1-14(13)12-7-5(6(9)11-12)2-4(8)3-10-7/h2-3H,1H3/q+1. The molecule has 7 heteroatoms. The second kappa shape index (κ2) is 3.83. The van der Waals surface area contributed by atoms with Gasteiger partial charge in [-0.1, -0.05) is 0 Å². The first kappa shape index (κ1) is 10.4. The van der Waals surface area contributed by atoms with Crippen molar-refractivity contribution in [3.8, 4) is 0 Å². The largest absolute Gasteiger partial charge is 0.482 e. The van der Waals surface area contributed by atoms with Crippen molar-refractivity contribution in [2.24, 2.45) is 0 Å². The Hall–Kier alpha value is -0.0700. The highest BCUT2D eigenvalue weighted by atomic mass is 127. The van der Waals surface area contributed by atoms with Gasteiger partial charge in [0.15, 0.2) is 6.66 Å². The normalized spacial score (nSPS) is 12.1. The number of rotatable bonds is 1. The fraction of sp³-hybridized carbons (Fsp3) is 0.143. The van der Waals surface area contributed by atoms with Crippen molar-refractivity contribution in [1.29, 1.82) is 0 Å². The van der Waals surface area contributed by atoms with E-state index in [-0.39, 0.29) is 0 Å². The molecule has 0 amide bonds. The summed E-state index contributed by atoms with van der Waals surface area (Å²) in [6.07, 6.45) is 1.68. The maximum Gasteiger partial charge on any atom is 0.482 e. The number of hydrogen-bond donors (Lipinski definition) is 0. The Morgan fingerprint density at radius 1 is 1.64 bits per heavy atom. The number of hydrogen-bond acceptors (Lipinski definition) is 3. The third-order valence-corrected chi connectivity index (χ3v) is 3.74. The van der Waals surface area contributed by atoms with Gasteiger partial charge in [0.2, 0.25) is 5.65 Å². The molecule has 0 aromatic carbocycles. The van der Waals surface area contributed by atoms with Crippen LogP contribution in [0.3, 0.4) is 0 Å². The molecule has 0 spiro atoms. The molecule has 1 atom stereocenters. The number of aromatic nitrogens is 3. The molecule has 2 aromatic rings. The van der Waals surface area contributed by atoms with Crippen LogP contribution in [0, 0.1) is 3.70 Å². The molecule has 2 heterocycles. The molecule has 2 rings (SSSR count). The van der Waals surface area contributed by atoms with Gasteiger partial charge < -0.3 is 0 Å². The van der Waals surface area contributed by atoms with Crippen molar-refractivity contribution in [2.75, 3.05) is 6.66 Å². The summed E-state index contributed by atoms with van der Waals surface area (Å²) in [7, 11) is -1.51. The topological polar surface area (TPSA) is 47.8 Å². The molecule has 0 bridgehead atoms. The third kappa shape index (κ3) is 1.70. The van der Waals surface area contributed by atoms with E-state index in [0.717, 1.165) is 13.6 Å². The highest BCUT2D eigenvalue weighted by Crippen LogP contribution is 2.28. The zero-order chi connectivity index (χ0) is 10.3. The van der Waals surface area contributed by atoms with E-state index < -0.39 is 7.95 Å². The molecule has 0 radical (unpaired) electrons. The second-order valence-electron chi connectivity index (χ2n) is 2.67. The van der Waals surface area contributed by atoms with Crippen molar-refractivity contribution < 1.29 is 4.57 Å². The average Bonchev–Trinajstić information content (AvgIpc) is 2.44. The van der Waals surface area contributed by atoms with Gasteiger partial charge in [-0.25, -0.2) is 4.98 Å². The highest BCUT2D eigenvalue weighted by molar-refractivity contribution is 14.1. The number of pyridine rings is 1. The Morgan fingerprint density at radius 3 is 3.00 bits per heavy atom. The first-order chi connectivity index (χ1) is 6.59. The smallest absolute Gasteiger partial charge is 0.232 e. The van der Waals surface area contributed by atoms with Gasteiger partial charge >= 0.3 is 7.95 Å². The van der Waals surface area contributed by atoms with Gasteiger partial charge in [0.05, 0.1) is 5.39 Å². The first-order valence-corrected chi connectivity index (χ1v) is 7.23. The predicted octanol–water partition coefficient (Wildman–Crippen LogP) is 3.02. The molecule has 0 saturated carbocycles. The van der Waals surface area contributed by atoms with E-state index in [1.165, 1.54) is 4.45 Å². The summed E-state index contributed by atoms with van der Waals surface area (Å²) in [5.41, 5.74) is 0.668. The second-order valence-corrected chi connectivity index (χ2v) is 5.91. The minimum absolute atomic E-state index is 0.668. The van der Waals surface area contributed by atoms with E-state index >= 15 is 0 Å². The van der Waals surface area contributed by atoms with Gasteiger partial charge in [0.1, 0.15) is 3.70 Å². The lowest BCUT2D eigenvalue weighted by atomic mass is 10.4. The van der Waals surface area contributed by atoms with Crippen LogP contribution in [0.1, 0.15) is 0 Å². The van der Waals surface area contributed by atoms with Crippen molar-refractivity contribution in [1.82, 2.24) is 14.5 Å².